The van der Waals surface area contributed by atoms with Crippen molar-refractivity contribution < 1.29 is 9.47 Å². The summed E-state index contributed by atoms with van der Waals surface area (Å²) in [5.41, 5.74) is 4.58. The number of methoxy groups -OCH3 is 2. The summed E-state index contributed by atoms with van der Waals surface area (Å²) in [6.45, 7) is 0. The molecule has 0 bridgehead atoms. The van der Waals surface area contributed by atoms with Crippen molar-refractivity contribution in [3.63, 3.8) is 0 Å². The van der Waals surface area contributed by atoms with E-state index in [1.54, 1.807) is 14.2 Å². The lowest BCUT2D eigenvalue weighted by Gasteiger charge is -2.20. The third kappa shape index (κ3) is 2.81. The van der Waals surface area contributed by atoms with Gasteiger partial charge in [-0.25, -0.2) is 0 Å². The van der Waals surface area contributed by atoms with Crippen LogP contribution in [0.1, 0.15) is 0 Å². The van der Waals surface area contributed by atoms with Gasteiger partial charge in [-0.05, 0) is 33.7 Å². The van der Waals surface area contributed by atoms with Crippen molar-refractivity contribution in [2.75, 3.05) is 14.2 Å². The molecule has 0 N–H and O–H groups in total. The first-order valence-electron chi connectivity index (χ1n) is 10.0. The van der Waals surface area contributed by atoms with E-state index in [2.05, 4.69) is 72.8 Å². The van der Waals surface area contributed by atoms with Crippen molar-refractivity contribution in [2.45, 2.75) is 0 Å². The molecule has 0 heterocycles. The minimum absolute atomic E-state index is 0.873. The molecule has 0 aliphatic carbocycles. The van der Waals surface area contributed by atoms with Crippen LogP contribution < -0.4 is 9.47 Å². The van der Waals surface area contributed by atoms with Gasteiger partial charge in [0.25, 0.3) is 0 Å². The van der Waals surface area contributed by atoms with E-state index in [0.717, 1.165) is 22.6 Å². The first-order chi connectivity index (χ1) is 14.8. The normalized spacial score (nSPS) is 11.0. The van der Waals surface area contributed by atoms with Crippen LogP contribution in [-0.2, 0) is 0 Å². The number of hydrogen-bond donors (Lipinski definition) is 0. The van der Waals surface area contributed by atoms with E-state index >= 15 is 0 Å². The molecule has 5 aromatic carbocycles. The minimum Gasteiger partial charge on any atom is -0.496 e. The Hall–Kier alpha value is -3.78. The second-order valence-corrected chi connectivity index (χ2v) is 7.24. The summed E-state index contributed by atoms with van der Waals surface area (Å²) in [6.07, 6.45) is 0. The van der Waals surface area contributed by atoms with Crippen LogP contribution in [0, 0.1) is 0 Å². The van der Waals surface area contributed by atoms with Gasteiger partial charge in [-0.2, -0.15) is 0 Å². The molecule has 0 unspecified atom stereocenters. The fourth-order valence-electron chi connectivity index (χ4n) is 4.41. The number of hydrogen-bond acceptors (Lipinski definition) is 2. The Morgan fingerprint density at radius 1 is 0.400 bits per heavy atom. The summed E-state index contributed by atoms with van der Waals surface area (Å²) in [5.74, 6) is 1.75. The Labute approximate surface area is 176 Å². The molecule has 0 spiro atoms. The van der Waals surface area contributed by atoms with Gasteiger partial charge >= 0.3 is 0 Å². The van der Waals surface area contributed by atoms with Crippen LogP contribution in [-0.4, -0.2) is 14.2 Å². The fourth-order valence-corrected chi connectivity index (χ4v) is 4.41. The highest BCUT2D eigenvalue weighted by Gasteiger charge is 2.19. The fraction of sp³-hybridized carbons (Fsp3) is 0.0714. The maximum absolute atomic E-state index is 5.73. The van der Waals surface area contributed by atoms with E-state index in [1.807, 2.05) is 24.3 Å². The van der Waals surface area contributed by atoms with Crippen molar-refractivity contribution in [1.29, 1.82) is 0 Å². The third-order valence-corrected chi connectivity index (χ3v) is 5.68. The molecule has 5 rings (SSSR count). The Morgan fingerprint density at radius 3 is 1.03 bits per heavy atom. The number of rotatable bonds is 4. The van der Waals surface area contributed by atoms with Crippen molar-refractivity contribution in [2.24, 2.45) is 0 Å². The van der Waals surface area contributed by atoms with E-state index in [4.69, 9.17) is 9.47 Å². The van der Waals surface area contributed by atoms with E-state index < -0.39 is 0 Å². The third-order valence-electron chi connectivity index (χ3n) is 5.68. The SMILES string of the molecule is COc1ccccc1-c1c2ccccc2c(-c2ccccc2OC)c2ccccc12. The van der Waals surface area contributed by atoms with E-state index in [9.17, 15) is 0 Å². The molecule has 0 atom stereocenters. The monoisotopic (exact) mass is 390 g/mol. The Bertz CT molecular complexity index is 1210. The molecule has 0 aliphatic heterocycles. The van der Waals surface area contributed by atoms with Crippen LogP contribution in [0.3, 0.4) is 0 Å². The Balaban J connectivity index is 2.01. The molecule has 0 radical (unpaired) electrons. The van der Waals surface area contributed by atoms with Crippen molar-refractivity contribution in [3.8, 4) is 33.8 Å². The van der Waals surface area contributed by atoms with Crippen molar-refractivity contribution in [3.05, 3.63) is 97.1 Å². The lowest BCUT2D eigenvalue weighted by Crippen LogP contribution is -1.94. The van der Waals surface area contributed by atoms with Crippen molar-refractivity contribution >= 4 is 21.5 Å². The van der Waals surface area contributed by atoms with Gasteiger partial charge in [-0.3, -0.25) is 0 Å². The van der Waals surface area contributed by atoms with Gasteiger partial charge in [0.05, 0.1) is 14.2 Å². The van der Waals surface area contributed by atoms with Crippen LogP contribution in [0.5, 0.6) is 11.5 Å². The average molecular weight is 390 g/mol. The highest BCUT2D eigenvalue weighted by atomic mass is 16.5. The van der Waals surface area contributed by atoms with Gasteiger partial charge in [-0.1, -0.05) is 84.9 Å². The molecule has 0 fully saturated rings. The smallest absolute Gasteiger partial charge is 0.126 e. The summed E-state index contributed by atoms with van der Waals surface area (Å²) < 4.78 is 11.5. The largest absolute Gasteiger partial charge is 0.496 e. The van der Waals surface area contributed by atoms with Gasteiger partial charge in [0.15, 0.2) is 0 Å². The lowest BCUT2D eigenvalue weighted by molar-refractivity contribution is 0.416. The van der Waals surface area contributed by atoms with Crippen LogP contribution >= 0.6 is 0 Å². The maximum atomic E-state index is 5.73. The summed E-state index contributed by atoms with van der Waals surface area (Å²) in [7, 11) is 3.46. The molecule has 2 nitrogen and oxygen atoms in total. The molecule has 30 heavy (non-hydrogen) atoms. The van der Waals surface area contributed by atoms with Gasteiger partial charge in [0.2, 0.25) is 0 Å². The highest BCUT2D eigenvalue weighted by Crippen LogP contribution is 2.47. The van der Waals surface area contributed by atoms with Crippen LogP contribution in [0.2, 0.25) is 0 Å². The molecule has 0 saturated carbocycles. The Morgan fingerprint density at radius 2 is 0.700 bits per heavy atom. The van der Waals surface area contributed by atoms with E-state index in [0.29, 0.717) is 0 Å². The predicted molar refractivity (Wildman–Crippen MR) is 125 cm³/mol. The predicted octanol–water partition coefficient (Wildman–Crippen LogP) is 7.34. The molecule has 0 aliphatic rings. The molecule has 146 valence electrons. The molecule has 0 aromatic heterocycles. The quantitative estimate of drug-likeness (QED) is 0.299. The second kappa shape index (κ2) is 7.57. The second-order valence-electron chi connectivity index (χ2n) is 7.24. The zero-order chi connectivity index (χ0) is 20.5. The van der Waals surface area contributed by atoms with Gasteiger partial charge < -0.3 is 9.47 Å². The average Bonchev–Trinajstić information content (AvgIpc) is 2.82. The molecule has 0 saturated heterocycles. The summed E-state index contributed by atoms with van der Waals surface area (Å²) in [6, 6.07) is 33.6. The summed E-state index contributed by atoms with van der Waals surface area (Å²) in [5, 5.41) is 4.78. The number of benzene rings is 5. The van der Waals surface area contributed by atoms with E-state index in [1.165, 1.54) is 32.7 Å². The van der Waals surface area contributed by atoms with Crippen LogP contribution in [0.4, 0.5) is 0 Å². The summed E-state index contributed by atoms with van der Waals surface area (Å²) >= 11 is 0. The lowest BCUT2D eigenvalue weighted by atomic mass is 9.85. The number of ether oxygens (including phenoxy) is 2. The van der Waals surface area contributed by atoms with Crippen molar-refractivity contribution in [1.82, 2.24) is 0 Å². The first kappa shape index (κ1) is 18.3. The zero-order valence-electron chi connectivity index (χ0n) is 17.1. The molecular weight excluding hydrogens is 368 g/mol. The standard InChI is InChI=1S/C28H22O2/c1-29-25-17-9-7-15-23(25)27-19-11-3-5-13-21(19)28(22-14-6-4-12-20(22)27)24-16-8-10-18-26(24)30-2/h3-18H,1-2H3. The number of para-hydroxylation sites is 2. The molecule has 5 aromatic rings. The van der Waals surface area contributed by atoms with Crippen LogP contribution in [0.15, 0.2) is 97.1 Å². The Kier molecular flexibility index (Phi) is 4.61. The van der Waals surface area contributed by atoms with Gasteiger partial charge in [0.1, 0.15) is 11.5 Å². The number of fused-ring (bicyclic) bond motifs is 2. The summed E-state index contributed by atoms with van der Waals surface area (Å²) in [4.78, 5) is 0. The molecular formula is C28H22O2. The van der Waals surface area contributed by atoms with Crippen LogP contribution in [0.25, 0.3) is 43.8 Å². The van der Waals surface area contributed by atoms with E-state index in [-0.39, 0.29) is 0 Å². The zero-order valence-corrected chi connectivity index (χ0v) is 17.1. The molecule has 0 amide bonds. The minimum atomic E-state index is 0.873. The maximum Gasteiger partial charge on any atom is 0.126 e. The highest BCUT2D eigenvalue weighted by molar-refractivity contribution is 6.22. The molecule has 2 heteroatoms. The van der Waals surface area contributed by atoms with Gasteiger partial charge in [-0.15, -0.1) is 0 Å². The first-order valence-corrected chi connectivity index (χ1v) is 10.0. The van der Waals surface area contributed by atoms with Gasteiger partial charge in [0, 0.05) is 22.3 Å². The topological polar surface area (TPSA) is 18.5 Å².